The summed E-state index contributed by atoms with van der Waals surface area (Å²) in [7, 11) is 2.07. The molecule has 20 heavy (non-hydrogen) atoms. The number of likely N-dealkylation sites (N-methyl/N-ethyl adjacent to an activating group) is 1. The van der Waals surface area contributed by atoms with Crippen LogP contribution in [0.25, 0.3) is 0 Å². The van der Waals surface area contributed by atoms with Gasteiger partial charge in [0.2, 0.25) is 0 Å². The first-order valence-electron chi connectivity index (χ1n) is 6.98. The van der Waals surface area contributed by atoms with Crippen LogP contribution in [0.1, 0.15) is 0 Å². The predicted molar refractivity (Wildman–Crippen MR) is 73.3 cm³/mol. The molecule has 0 atom stereocenters. The van der Waals surface area contributed by atoms with E-state index in [-0.39, 0.29) is 12.6 Å². The lowest BCUT2D eigenvalue weighted by atomic mass is 10.3. The number of aliphatic carboxylic acids is 1. The van der Waals surface area contributed by atoms with Gasteiger partial charge >= 0.3 is 12.0 Å². The number of carbonyl (C=O) groups is 2. The van der Waals surface area contributed by atoms with Crippen LogP contribution in [0.15, 0.2) is 0 Å². The molecule has 114 valence electrons. The second-order valence-corrected chi connectivity index (χ2v) is 5.36. The lowest BCUT2D eigenvalue weighted by Gasteiger charge is -2.37. The van der Waals surface area contributed by atoms with Crippen LogP contribution in [0.4, 0.5) is 4.79 Å². The molecule has 0 radical (unpaired) electrons. The van der Waals surface area contributed by atoms with Gasteiger partial charge < -0.3 is 14.9 Å². The van der Waals surface area contributed by atoms with E-state index in [1.807, 2.05) is 9.91 Å². The molecule has 8 heteroatoms. The Kier molecular flexibility index (Phi) is 5.16. The molecule has 2 amide bonds. The molecule has 0 spiro atoms. The zero-order valence-corrected chi connectivity index (χ0v) is 11.9. The molecular weight excluding hydrogens is 262 g/mol. The Labute approximate surface area is 118 Å². The number of rotatable bonds is 3. The molecule has 0 aromatic heterocycles. The largest absolute Gasteiger partial charge is 0.480 e. The van der Waals surface area contributed by atoms with E-state index in [4.69, 9.17) is 5.11 Å². The Hall–Kier alpha value is -1.38. The number of piperazine rings is 2. The standard InChI is InChI=1S/C12H23N5O3/c1-14-2-8-17(9-3-14)13-12(20)16-6-4-15(5-7-16)10-11(18)19/h2-10H2,1H3,(H,13,20)(H,18,19). The number of nitrogens with zero attached hydrogens (tertiary/aromatic N) is 4. The van der Waals surface area contributed by atoms with Crippen LogP contribution >= 0.6 is 0 Å². The third-order valence-corrected chi connectivity index (χ3v) is 3.78. The highest BCUT2D eigenvalue weighted by Gasteiger charge is 2.24. The van der Waals surface area contributed by atoms with Crippen molar-refractivity contribution in [2.24, 2.45) is 0 Å². The number of hydrogen-bond acceptors (Lipinski definition) is 5. The third-order valence-electron chi connectivity index (χ3n) is 3.78. The van der Waals surface area contributed by atoms with E-state index in [9.17, 15) is 9.59 Å². The summed E-state index contributed by atoms with van der Waals surface area (Å²) < 4.78 is 0. The van der Waals surface area contributed by atoms with Crippen molar-refractivity contribution in [3.05, 3.63) is 0 Å². The number of hydrogen-bond donors (Lipinski definition) is 2. The maximum atomic E-state index is 12.1. The van der Waals surface area contributed by atoms with Gasteiger partial charge in [-0.05, 0) is 7.05 Å². The van der Waals surface area contributed by atoms with Gasteiger partial charge in [-0.1, -0.05) is 0 Å². The van der Waals surface area contributed by atoms with Crippen molar-refractivity contribution in [2.45, 2.75) is 0 Å². The highest BCUT2D eigenvalue weighted by molar-refractivity contribution is 5.74. The molecule has 0 saturated carbocycles. The van der Waals surface area contributed by atoms with Crippen molar-refractivity contribution in [3.8, 4) is 0 Å². The Balaban J connectivity index is 1.70. The number of nitrogens with one attached hydrogen (secondary N) is 1. The summed E-state index contributed by atoms with van der Waals surface area (Å²) in [5, 5.41) is 10.7. The number of urea groups is 1. The number of carboxylic acids is 1. The first-order valence-corrected chi connectivity index (χ1v) is 6.98. The molecular formula is C12H23N5O3. The first-order chi connectivity index (χ1) is 9.54. The second-order valence-electron chi connectivity index (χ2n) is 5.36. The van der Waals surface area contributed by atoms with Gasteiger partial charge in [0.25, 0.3) is 0 Å². The van der Waals surface area contributed by atoms with Gasteiger partial charge in [0, 0.05) is 52.4 Å². The zero-order valence-electron chi connectivity index (χ0n) is 11.9. The number of amides is 2. The Bertz CT molecular complexity index is 349. The quantitative estimate of drug-likeness (QED) is 0.661. The summed E-state index contributed by atoms with van der Waals surface area (Å²) in [5.74, 6) is -0.819. The van der Waals surface area contributed by atoms with E-state index in [1.165, 1.54) is 0 Å². The van der Waals surface area contributed by atoms with E-state index in [2.05, 4.69) is 17.4 Å². The molecule has 0 aromatic rings. The van der Waals surface area contributed by atoms with Gasteiger partial charge in [-0.15, -0.1) is 0 Å². The molecule has 2 N–H and O–H groups in total. The summed E-state index contributed by atoms with van der Waals surface area (Å²) in [4.78, 5) is 28.6. The molecule has 0 bridgehead atoms. The minimum atomic E-state index is -0.819. The molecule has 2 heterocycles. The van der Waals surface area contributed by atoms with Gasteiger partial charge in [-0.25, -0.2) is 9.80 Å². The van der Waals surface area contributed by atoms with Crippen molar-refractivity contribution < 1.29 is 14.7 Å². The van der Waals surface area contributed by atoms with Gasteiger partial charge in [-0.3, -0.25) is 15.1 Å². The average Bonchev–Trinajstić information content (AvgIpc) is 2.41. The van der Waals surface area contributed by atoms with Gasteiger partial charge in [0.05, 0.1) is 6.54 Å². The maximum Gasteiger partial charge on any atom is 0.332 e. The lowest BCUT2D eigenvalue weighted by molar-refractivity contribution is -0.138. The summed E-state index contributed by atoms with van der Waals surface area (Å²) in [5.41, 5.74) is 2.92. The van der Waals surface area contributed by atoms with E-state index >= 15 is 0 Å². The Morgan fingerprint density at radius 3 is 2.15 bits per heavy atom. The fraction of sp³-hybridized carbons (Fsp3) is 0.833. The second kappa shape index (κ2) is 6.87. The van der Waals surface area contributed by atoms with Crippen molar-refractivity contribution in [3.63, 3.8) is 0 Å². The van der Waals surface area contributed by atoms with E-state index in [0.717, 1.165) is 26.2 Å². The summed E-state index contributed by atoms with van der Waals surface area (Å²) in [6.45, 7) is 6.00. The van der Waals surface area contributed by atoms with Crippen LogP contribution in [0.3, 0.4) is 0 Å². The fourth-order valence-corrected chi connectivity index (χ4v) is 2.42. The van der Waals surface area contributed by atoms with Crippen molar-refractivity contribution >= 4 is 12.0 Å². The Morgan fingerprint density at radius 2 is 1.60 bits per heavy atom. The van der Waals surface area contributed by atoms with Gasteiger partial charge in [-0.2, -0.15) is 0 Å². The van der Waals surface area contributed by atoms with Crippen LogP contribution in [0, 0.1) is 0 Å². The van der Waals surface area contributed by atoms with Crippen LogP contribution in [0.2, 0.25) is 0 Å². The number of carboxylic acid groups (broad SMARTS) is 1. The molecule has 2 saturated heterocycles. The highest BCUT2D eigenvalue weighted by Crippen LogP contribution is 2.03. The van der Waals surface area contributed by atoms with Gasteiger partial charge in [0.1, 0.15) is 0 Å². The molecule has 0 aromatic carbocycles. The molecule has 2 rings (SSSR count). The molecule has 8 nitrogen and oxygen atoms in total. The summed E-state index contributed by atoms with van der Waals surface area (Å²) >= 11 is 0. The van der Waals surface area contributed by atoms with Gasteiger partial charge in [0.15, 0.2) is 0 Å². The lowest BCUT2D eigenvalue weighted by Crippen LogP contribution is -2.58. The SMILES string of the molecule is CN1CCN(NC(=O)N2CCN(CC(=O)O)CC2)CC1. The van der Waals surface area contributed by atoms with Crippen molar-refractivity contribution in [1.82, 2.24) is 25.1 Å². The molecule has 0 aliphatic carbocycles. The first kappa shape index (κ1) is 15.0. The van der Waals surface area contributed by atoms with Crippen LogP contribution in [0.5, 0.6) is 0 Å². The topological polar surface area (TPSA) is 79.4 Å². The smallest absolute Gasteiger partial charge is 0.332 e. The van der Waals surface area contributed by atoms with Crippen LogP contribution in [-0.4, -0.2) is 103 Å². The minimum absolute atomic E-state index is 0.0495. The molecule has 2 aliphatic rings. The summed E-state index contributed by atoms with van der Waals surface area (Å²) in [6, 6.07) is -0.0791. The van der Waals surface area contributed by atoms with Crippen molar-refractivity contribution in [1.29, 1.82) is 0 Å². The zero-order chi connectivity index (χ0) is 14.5. The predicted octanol–water partition coefficient (Wildman–Crippen LogP) is -1.44. The van der Waals surface area contributed by atoms with E-state index < -0.39 is 5.97 Å². The molecule has 0 unspecified atom stereocenters. The third kappa shape index (κ3) is 4.32. The maximum absolute atomic E-state index is 12.1. The highest BCUT2D eigenvalue weighted by atomic mass is 16.4. The number of carbonyl (C=O) groups excluding carboxylic acids is 1. The van der Waals surface area contributed by atoms with Crippen LogP contribution < -0.4 is 5.43 Å². The van der Waals surface area contributed by atoms with E-state index in [1.54, 1.807) is 4.90 Å². The minimum Gasteiger partial charge on any atom is -0.480 e. The monoisotopic (exact) mass is 285 g/mol. The Morgan fingerprint density at radius 1 is 1.00 bits per heavy atom. The van der Waals surface area contributed by atoms with Crippen LogP contribution in [-0.2, 0) is 4.79 Å². The molecule has 2 aliphatic heterocycles. The van der Waals surface area contributed by atoms with E-state index in [0.29, 0.717) is 26.2 Å². The average molecular weight is 285 g/mol. The fourth-order valence-electron chi connectivity index (χ4n) is 2.42. The van der Waals surface area contributed by atoms with Crippen molar-refractivity contribution in [2.75, 3.05) is 66.0 Å². The number of hydrazine groups is 1. The summed E-state index contributed by atoms with van der Waals surface area (Å²) in [6.07, 6.45) is 0. The normalized spacial score (nSPS) is 22.8. The molecule has 2 fully saturated rings.